The van der Waals surface area contributed by atoms with Crippen molar-refractivity contribution in [2.45, 2.75) is 45.6 Å². The van der Waals surface area contributed by atoms with Crippen LogP contribution >= 0.6 is 0 Å². The van der Waals surface area contributed by atoms with Crippen molar-refractivity contribution in [3.05, 3.63) is 0 Å². The van der Waals surface area contributed by atoms with Crippen LogP contribution in [0, 0.1) is 5.92 Å². The fraction of sp³-hybridized carbons (Fsp3) is 0.818. The Kier molecular flexibility index (Phi) is 7.54. The Hall–Kier alpha value is -1.10. The van der Waals surface area contributed by atoms with Gasteiger partial charge in [0.2, 0.25) is 5.91 Å². The normalized spacial score (nSPS) is 12.5. The molecule has 5 heteroatoms. The van der Waals surface area contributed by atoms with Crippen molar-refractivity contribution in [2.75, 3.05) is 6.61 Å². The van der Waals surface area contributed by atoms with Gasteiger partial charge in [-0.25, -0.2) is 4.79 Å². The first-order chi connectivity index (χ1) is 7.47. The van der Waals surface area contributed by atoms with Crippen molar-refractivity contribution in [2.24, 2.45) is 5.92 Å². The maximum atomic E-state index is 11.3. The Morgan fingerprint density at radius 1 is 1.25 bits per heavy atom. The lowest BCUT2D eigenvalue weighted by atomic mass is 10.1. The van der Waals surface area contributed by atoms with Gasteiger partial charge in [-0.1, -0.05) is 26.7 Å². The van der Waals surface area contributed by atoms with E-state index in [0.29, 0.717) is 12.3 Å². The Labute approximate surface area is 95.9 Å². The molecule has 0 fully saturated rings. The van der Waals surface area contributed by atoms with E-state index in [1.54, 1.807) is 0 Å². The first-order valence-electron chi connectivity index (χ1n) is 5.60. The molecule has 0 aliphatic heterocycles. The monoisotopic (exact) mass is 231 g/mol. The Morgan fingerprint density at radius 3 is 2.31 bits per heavy atom. The number of carbonyl (C=O) groups excluding carboxylic acids is 1. The Balaban J connectivity index is 3.69. The molecule has 0 heterocycles. The van der Waals surface area contributed by atoms with E-state index in [1.165, 1.54) is 0 Å². The molecule has 0 unspecified atom stereocenters. The van der Waals surface area contributed by atoms with Crippen LogP contribution in [0.25, 0.3) is 0 Å². The highest BCUT2D eigenvalue weighted by molar-refractivity contribution is 5.83. The van der Waals surface area contributed by atoms with Crippen LogP contribution in [0.4, 0.5) is 0 Å². The molecule has 0 aliphatic carbocycles. The summed E-state index contributed by atoms with van der Waals surface area (Å²) in [4.78, 5) is 21.8. The lowest BCUT2D eigenvalue weighted by Crippen LogP contribution is -2.43. The molecule has 0 aromatic heterocycles. The minimum absolute atomic E-state index is 0.315. The van der Waals surface area contributed by atoms with Crippen LogP contribution in [0.3, 0.4) is 0 Å². The summed E-state index contributed by atoms with van der Waals surface area (Å²) in [6.45, 7) is 3.66. The molecule has 0 aliphatic rings. The van der Waals surface area contributed by atoms with Crippen LogP contribution in [0.15, 0.2) is 0 Å². The lowest BCUT2D eigenvalue weighted by molar-refractivity contribution is -0.142. The molecule has 0 aromatic rings. The van der Waals surface area contributed by atoms with Crippen molar-refractivity contribution in [1.29, 1.82) is 0 Å². The highest BCUT2D eigenvalue weighted by Gasteiger charge is 2.17. The van der Waals surface area contributed by atoms with Crippen molar-refractivity contribution in [1.82, 2.24) is 5.32 Å². The predicted molar refractivity (Wildman–Crippen MR) is 60.0 cm³/mol. The number of aliphatic carboxylic acids is 1. The second-order valence-corrected chi connectivity index (χ2v) is 4.28. The number of unbranched alkanes of at least 4 members (excludes halogenated alkanes) is 1. The summed E-state index contributed by atoms with van der Waals surface area (Å²) in [5, 5.41) is 19.6. The van der Waals surface area contributed by atoms with Gasteiger partial charge in [-0.15, -0.1) is 0 Å². The molecular formula is C11H21NO4. The zero-order chi connectivity index (χ0) is 12.6. The summed E-state index contributed by atoms with van der Waals surface area (Å²) in [6.07, 6.45) is 3.09. The van der Waals surface area contributed by atoms with Gasteiger partial charge in [0.15, 0.2) is 0 Å². The molecular weight excluding hydrogens is 210 g/mol. The molecule has 1 atom stereocenters. The predicted octanol–water partition coefficient (Wildman–Crippen LogP) is 0.764. The van der Waals surface area contributed by atoms with Crippen molar-refractivity contribution >= 4 is 11.9 Å². The zero-order valence-electron chi connectivity index (χ0n) is 9.90. The van der Waals surface area contributed by atoms with Gasteiger partial charge in [-0.2, -0.15) is 0 Å². The number of amides is 1. The van der Waals surface area contributed by atoms with Gasteiger partial charge < -0.3 is 15.5 Å². The van der Waals surface area contributed by atoms with E-state index in [1.807, 2.05) is 0 Å². The summed E-state index contributed by atoms with van der Waals surface area (Å²) >= 11 is 0. The number of rotatable bonds is 8. The highest BCUT2D eigenvalue weighted by atomic mass is 16.4. The van der Waals surface area contributed by atoms with E-state index < -0.39 is 18.6 Å². The molecule has 94 valence electrons. The van der Waals surface area contributed by atoms with Crippen LogP contribution < -0.4 is 5.32 Å². The van der Waals surface area contributed by atoms with Crippen molar-refractivity contribution < 1.29 is 19.8 Å². The van der Waals surface area contributed by atoms with Gasteiger partial charge in [-0.3, -0.25) is 4.79 Å². The zero-order valence-corrected chi connectivity index (χ0v) is 9.90. The Bertz CT molecular complexity index is 228. The SMILES string of the molecule is CC(C)CCCCC(=O)N[C@@H](CO)C(=O)O. The first kappa shape index (κ1) is 14.9. The van der Waals surface area contributed by atoms with Gasteiger partial charge in [0, 0.05) is 6.42 Å². The van der Waals surface area contributed by atoms with Gasteiger partial charge in [-0.05, 0) is 12.3 Å². The van der Waals surface area contributed by atoms with E-state index >= 15 is 0 Å². The van der Waals surface area contributed by atoms with E-state index in [4.69, 9.17) is 10.2 Å². The Morgan fingerprint density at radius 2 is 1.88 bits per heavy atom. The minimum Gasteiger partial charge on any atom is -0.480 e. The topological polar surface area (TPSA) is 86.6 Å². The second-order valence-electron chi connectivity index (χ2n) is 4.28. The van der Waals surface area contributed by atoms with E-state index in [2.05, 4.69) is 19.2 Å². The fourth-order valence-corrected chi connectivity index (χ4v) is 1.29. The third-order valence-corrected chi connectivity index (χ3v) is 2.25. The average Bonchev–Trinajstić information content (AvgIpc) is 2.20. The maximum Gasteiger partial charge on any atom is 0.328 e. The van der Waals surface area contributed by atoms with E-state index in [0.717, 1.165) is 19.3 Å². The van der Waals surface area contributed by atoms with Crippen LogP contribution in [0.5, 0.6) is 0 Å². The van der Waals surface area contributed by atoms with Gasteiger partial charge >= 0.3 is 5.97 Å². The highest BCUT2D eigenvalue weighted by Crippen LogP contribution is 2.07. The first-order valence-corrected chi connectivity index (χ1v) is 5.60. The number of aliphatic hydroxyl groups is 1. The van der Waals surface area contributed by atoms with Gasteiger partial charge in [0.25, 0.3) is 0 Å². The van der Waals surface area contributed by atoms with Crippen LogP contribution in [0.1, 0.15) is 39.5 Å². The number of carbonyl (C=O) groups is 2. The van der Waals surface area contributed by atoms with Gasteiger partial charge in [0.1, 0.15) is 6.04 Å². The summed E-state index contributed by atoms with van der Waals surface area (Å²) in [5.74, 6) is -0.907. The van der Waals surface area contributed by atoms with E-state index in [9.17, 15) is 9.59 Å². The number of hydrogen-bond acceptors (Lipinski definition) is 3. The van der Waals surface area contributed by atoms with E-state index in [-0.39, 0.29) is 5.91 Å². The number of carboxylic acid groups (broad SMARTS) is 1. The van der Waals surface area contributed by atoms with Gasteiger partial charge in [0.05, 0.1) is 6.61 Å². The molecule has 0 bridgehead atoms. The smallest absolute Gasteiger partial charge is 0.328 e. The summed E-state index contributed by atoms with van der Waals surface area (Å²) in [7, 11) is 0. The van der Waals surface area contributed by atoms with Crippen molar-refractivity contribution in [3.63, 3.8) is 0 Å². The largest absolute Gasteiger partial charge is 0.480 e. The number of aliphatic hydroxyl groups excluding tert-OH is 1. The molecule has 0 radical (unpaired) electrons. The summed E-state index contributed by atoms with van der Waals surface area (Å²) < 4.78 is 0. The molecule has 5 nitrogen and oxygen atoms in total. The molecule has 3 N–H and O–H groups in total. The van der Waals surface area contributed by atoms with Crippen molar-refractivity contribution in [3.8, 4) is 0 Å². The lowest BCUT2D eigenvalue weighted by Gasteiger charge is -2.11. The second kappa shape index (κ2) is 8.10. The number of carboxylic acids is 1. The molecule has 16 heavy (non-hydrogen) atoms. The fourth-order valence-electron chi connectivity index (χ4n) is 1.29. The molecule has 0 saturated heterocycles. The van der Waals surface area contributed by atoms with Crippen LogP contribution in [0.2, 0.25) is 0 Å². The molecule has 0 spiro atoms. The van der Waals surface area contributed by atoms with Crippen LogP contribution in [-0.2, 0) is 9.59 Å². The average molecular weight is 231 g/mol. The minimum atomic E-state index is -1.21. The van der Waals surface area contributed by atoms with Crippen LogP contribution in [-0.4, -0.2) is 34.7 Å². The number of hydrogen-bond donors (Lipinski definition) is 3. The molecule has 0 saturated carbocycles. The third kappa shape index (κ3) is 7.23. The third-order valence-electron chi connectivity index (χ3n) is 2.25. The standard InChI is InChI=1S/C11H21NO4/c1-8(2)5-3-4-6-10(14)12-9(7-13)11(15)16/h8-9,13H,3-7H2,1-2H3,(H,12,14)(H,15,16)/t9-/m0/s1. The molecule has 0 rings (SSSR count). The maximum absolute atomic E-state index is 11.3. The summed E-state index contributed by atoms with van der Waals surface area (Å²) in [6, 6.07) is -1.18. The summed E-state index contributed by atoms with van der Waals surface area (Å²) in [5.41, 5.74) is 0. The quantitative estimate of drug-likeness (QED) is 0.538. The number of nitrogens with one attached hydrogen (secondary N) is 1. The molecule has 0 aromatic carbocycles. The molecule has 1 amide bonds.